The number of hydrogen-bond donors (Lipinski definition) is 1. The van der Waals surface area contributed by atoms with Crippen LogP contribution in [0.25, 0.3) is 0 Å². The molecule has 0 aromatic heterocycles. The SMILES string of the molecule is Cc1ccccc1C.Cc1ccccc1CC1C[C@H]2CO[C@H](O2)C1O. The van der Waals surface area contributed by atoms with Crippen LogP contribution in [0.4, 0.5) is 0 Å². The summed E-state index contributed by atoms with van der Waals surface area (Å²) >= 11 is 0. The smallest absolute Gasteiger partial charge is 0.184 e. The van der Waals surface area contributed by atoms with Crippen molar-refractivity contribution in [2.24, 2.45) is 5.92 Å². The molecular formula is C22H28O3. The Kier molecular flexibility index (Phi) is 5.89. The van der Waals surface area contributed by atoms with Crippen molar-refractivity contribution >= 4 is 0 Å². The average Bonchev–Trinajstić information content (AvgIpc) is 3.02. The maximum absolute atomic E-state index is 10.2. The highest BCUT2D eigenvalue weighted by atomic mass is 16.7. The molecule has 3 heteroatoms. The minimum absolute atomic E-state index is 0.178. The van der Waals surface area contributed by atoms with E-state index in [0.29, 0.717) is 6.61 Å². The number of fused-ring (bicyclic) bond motifs is 2. The van der Waals surface area contributed by atoms with Crippen LogP contribution in [0.15, 0.2) is 48.5 Å². The molecule has 2 aromatic carbocycles. The van der Waals surface area contributed by atoms with Gasteiger partial charge in [0.15, 0.2) is 6.29 Å². The van der Waals surface area contributed by atoms with Gasteiger partial charge in [0, 0.05) is 0 Å². The monoisotopic (exact) mass is 340 g/mol. The molecular weight excluding hydrogens is 312 g/mol. The summed E-state index contributed by atoms with van der Waals surface area (Å²) in [6, 6.07) is 16.7. The van der Waals surface area contributed by atoms with E-state index in [-0.39, 0.29) is 12.0 Å². The number of rotatable bonds is 2. The maximum Gasteiger partial charge on any atom is 0.184 e. The zero-order valence-electron chi connectivity index (χ0n) is 15.3. The van der Waals surface area contributed by atoms with Crippen LogP contribution in [-0.4, -0.2) is 30.2 Å². The van der Waals surface area contributed by atoms with Gasteiger partial charge < -0.3 is 14.6 Å². The Labute approximate surface area is 150 Å². The summed E-state index contributed by atoms with van der Waals surface area (Å²) in [6.45, 7) is 6.99. The first-order valence-electron chi connectivity index (χ1n) is 9.06. The second kappa shape index (κ2) is 8.13. The second-order valence-electron chi connectivity index (χ2n) is 7.16. The van der Waals surface area contributed by atoms with Gasteiger partial charge in [-0.25, -0.2) is 0 Å². The largest absolute Gasteiger partial charge is 0.388 e. The Morgan fingerprint density at radius 3 is 2.12 bits per heavy atom. The Hall–Kier alpha value is -1.68. The van der Waals surface area contributed by atoms with Crippen molar-refractivity contribution in [1.29, 1.82) is 0 Å². The van der Waals surface area contributed by atoms with E-state index in [1.165, 1.54) is 22.3 Å². The summed E-state index contributed by atoms with van der Waals surface area (Å²) in [5, 5.41) is 10.2. The zero-order chi connectivity index (χ0) is 17.8. The van der Waals surface area contributed by atoms with Crippen LogP contribution in [0, 0.1) is 26.7 Å². The van der Waals surface area contributed by atoms with Crippen molar-refractivity contribution in [2.75, 3.05) is 6.61 Å². The molecule has 0 amide bonds. The van der Waals surface area contributed by atoms with Gasteiger partial charge in [-0.05, 0) is 61.8 Å². The molecule has 1 N–H and O–H groups in total. The summed E-state index contributed by atoms with van der Waals surface area (Å²) in [4.78, 5) is 0. The molecule has 2 aromatic rings. The number of ether oxygens (including phenoxy) is 2. The number of aryl methyl sites for hydroxylation is 3. The van der Waals surface area contributed by atoms with Crippen LogP contribution in [-0.2, 0) is 15.9 Å². The molecule has 0 radical (unpaired) electrons. The van der Waals surface area contributed by atoms with E-state index in [0.717, 1.165) is 12.8 Å². The normalized spacial score (nSPS) is 27.5. The van der Waals surface area contributed by atoms with Crippen molar-refractivity contribution in [3.05, 3.63) is 70.8 Å². The third-order valence-corrected chi connectivity index (χ3v) is 5.27. The van der Waals surface area contributed by atoms with Crippen LogP contribution < -0.4 is 0 Å². The fraction of sp³-hybridized carbons (Fsp3) is 0.455. The van der Waals surface area contributed by atoms with E-state index < -0.39 is 12.4 Å². The fourth-order valence-corrected chi connectivity index (χ4v) is 3.46. The Balaban J connectivity index is 0.000000192. The first kappa shape index (κ1) is 18.1. The highest BCUT2D eigenvalue weighted by Crippen LogP contribution is 2.34. The summed E-state index contributed by atoms with van der Waals surface area (Å²) in [5.74, 6) is 0.252. The van der Waals surface area contributed by atoms with E-state index in [1.54, 1.807) is 0 Å². The molecule has 2 unspecified atom stereocenters. The molecule has 25 heavy (non-hydrogen) atoms. The third-order valence-electron chi connectivity index (χ3n) is 5.27. The van der Waals surface area contributed by atoms with Gasteiger partial charge in [0.2, 0.25) is 0 Å². The van der Waals surface area contributed by atoms with Gasteiger partial charge in [-0.1, -0.05) is 48.5 Å². The van der Waals surface area contributed by atoms with E-state index in [1.807, 2.05) is 6.07 Å². The molecule has 2 bridgehead atoms. The number of benzene rings is 2. The molecule has 2 aliphatic rings. The molecule has 2 aliphatic heterocycles. The van der Waals surface area contributed by atoms with E-state index in [2.05, 4.69) is 63.2 Å². The van der Waals surface area contributed by atoms with Crippen molar-refractivity contribution in [1.82, 2.24) is 0 Å². The van der Waals surface area contributed by atoms with Crippen molar-refractivity contribution in [2.45, 2.75) is 52.1 Å². The summed E-state index contributed by atoms with van der Waals surface area (Å²) in [6.07, 6.45) is 1.09. The number of hydrogen-bond acceptors (Lipinski definition) is 3. The lowest BCUT2D eigenvalue weighted by atomic mass is 9.86. The molecule has 0 saturated carbocycles. The number of aliphatic hydroxyl groups excluding tert-OH is 1. The standard InChI is InChI=1S/C14H18O3.C8H10/c1-9-4-2-3-5-10(9)6-11-7-12-8-16-14(17-12)13(11)15;1-7-5-3-4-6-8(7)2/h2-5,11-15H,6-8H2,1H3;3-6H,1-2H3/t11?,12-,13?,14+;/m0./s1. The van der Waals surface area contributed by atoms with Crippen LogP contribution in [0.3, 0.4) is 0 Å². The molecule has 0 spiro atoms. The second-order valence-corrected chi connectivity index (χ2v) is 7.16. The van der Waals surface area contributed by atoms with Crippen LogP contribution >= 0.6 is 0 Å². The van der Waals surface area contributed by atoms with Gasteiger partial charge in [-0.15, -0.1) is 0 Å². The lowest BCUT2D eigenvalue weighted by Crippen LogP contribution is -2.41. The highest BCUT2D eigenvalue weighted by Gasteiger charge is 2.43. The van der Waals surface area contributed by atoms with Crippen molar-refractivity contribution in [3.63, 3.8) is 0 Å². The molecule has 4 atom stereocenters. The van der Waals surface area contributed by atoms with Crippen LogP contribution in [0.1, 0.15) is 28.7 Å². The summed E-state index contributed by atoms with van der Waals surface area (Å²) in [5.41, 5.74) is 5.34. The molecule has 2 heterocycles. The lowest BCUT2D eigenvalue weighted by molar-refractivity contribution is -0.174. The lowest BCUT2D eigenvalue weighted by Gasteiger charge is -2.32. The van der Waals surface area contributed by atoms with Gasteiger partial charge in [0.1, 0.15) is 6.10 Å². The first-order valence-corrected chi connectivity index (χ1v) is 9.06. The minimum atomic E-state index is -0.492. The topological polar surface area (TPSA) is 38.7 Å². The quantitative estimate of drug-likeness (QED) is 0.899. The predicted octanol–water partition coefficient (Wildman–Crippen LogP) is 3.96. The van der Waals surface area contributed by atoms with Crippen LogP contribution in [0.2, 0.25) is 0 Å². The third kappa shape index (κ3) is 4.49. The molecule has 2 saturated heterocycles. The molecule has 2 fully saturated rings. The molecule has 4 rings (SSSR count). The predicted molar refractivity (Wildman–Crippen MR) is 99.5 cm³/mol. The fourth-order valence-electron chi connectivity index (χ4n) is 3.46. The van der Waals surface area contributed by atoms with Gasteiger partial charge in [0.05, 0.1) is 12.7 Å². The number of aliphatic hydroxyl groups is 1. The molecule has 134 valence electrons. The molecule has 3 nitrogen and oxygen atoms in total. The Morgan fingerprint density at radius 2 is 1.52 bits per heavy atom. The molecule has 0 aliphatic carbocycles. The maximum atomic E-state index is 10.2. The van der Waals surface area contributed by atoms with Gasteiger partial charge in [-0.2, -0.15) is 0 Å². The van der Waals surface area contributed by atoms with Gasteiger partial charge in [-0.3, -0.25) is 0 Å². The van der Waals surface area contributed by atoms with E-state index >= 15 is 0 Å². The highest BCUT2D eigenvalue weighted by molar-refractivity contribution is 5.26. The van der Waals surface area contributed by atoms with Crippen LogP contribution in [0.5, 0.6) is 0 Å². The average molecular weight is 340 g/mol. The zero-order valence-corrected chi connectivity index (χ0v) is 15.3. The van der Waals surface area contributed by atoms with Crippen molar-refractivity contribution in [3.8, 4) is 0 Å². The van der Waals surface area contributed by atoms with E-state index in [4.69, 9.17) is 9.47 Å². The van der Waals surface area contributed by atoms with E-state index in [9.17, 15) is 5.11 Å². The first-order chi connectivity index (χ1) is 12.0. The van der Waals surface area contributed by atoms with Gasteiger partial charge in [0.25, 0.3) is 0 Å². The van der Waals surface area contributed by atoms with Gasteiger partial charge >= 0.3 is 0 Å². The minimum Gasteiger partial charge on any atom is -0.388 e. The summed E-state index contributed by atoms with van der Waals surface area (Å²) in [7, 11) is 0. The van der Waals surface area contributed by atoms with Crippen molar-refractivity contribution < 1.29 is 14.6 Å². The Bertz CT molecular complexity index is 676. The summed E-state index contributed by atoms with van der Waals surface area (Å²) < 4.78 is 11.0. The Morgan fingerprint density at radius 1 is 0.920 bits per heavy atom.